The number of aryl methyl sites for hydroxylation is 1. The average Bonchev–Trinajstić information content (AvgIpc) is 3.21. The predicted octanol–water partition coefficient (Wildman–Crippen LogP) is 3.02. The van der Waals surface area contributed by atoms with Crippen LogP contribution in [0.4, 0.5) is 0 Å². The molecule has 0 aliphatic heterocycles. The number of fused-ring (bicyclic) bond motifs is 1. The highest BCUT2D eigenvalue weighted by Gasteiger charge is 2.27. The molecule has 0 saturated heterocycles. The summed E-state index contributed by atoms with van der Waals surface area (Å²) in [5.41, 5.74) is 4.12. The first kappa shape index (κ1) is 15.5. The van der Waals surface area contributed by atoms with Crippen molar-refractivity contribution in [3.05, 3.63) is 65.2 Å². The van der Waals surface area contributed by atoms with Crippen molar-refractivity contribution in [1.82, 2.24) is 25.5 Å². The van der Waals surface area contributed by atoms with Gasteiger partial charge in [-0.15, -0.1) is 10.2 Å². The third kappa shape index (κ3) is 2.91. The van der Waals surface area contributed by atoms with Gasteiger partial charge in [0, 0.05) is 18.2 Å². The summed E-state index contributed by atoms with van der Waals surface area (Å²) in [6, 6.07) is 15.9. The Kier molecular flexibility index (Phi) is 4.01. The number of aromatic amines is 1. The minimum Gasteiger partial charge on any atom is -0.335 e. The predicted molar refractivity (Wildman–Crippen MR) is 93.8 cm³/mol. The van der Waals surface area contributed by atoms with Crippen LogP contribution in [0.15, 0.2) is 48.5 Å². The van der Waals surface area contributed by atoms with E-state index in [4.69, 9.17) is 0 Å². The molecule has 0 unspecified atom stereocenters. The molecule has 6 nitrogen and oxygen atoms in total. The van der Waals surface area contributed by atoms with Crippen LogP contribution in [0.3, 0.4) is 0 Å². The number of amides is 1. The molecule has 126 valence electrons. The van der Waals surface area contributed by atoms with Crippen molar-refractivity contribution in [3.63, 3.8) is 0 Å². The maximum Gasteiger partial charge on any atom is 0.254 e. The summed E-state index contributed by atoms with van der Waals surface area (Å²) < 4.78 is 0. The summed E-state index contributed by atoms with van der Waals surface area (Å²) in [4.78, 5) is 14.8. The molecular weight excluding hydrogens is 314 g/mol. The van der Waals surface area contributed by atoms with E-state index in [1.54, 1.807) is 0 Å². The zero-order valence-corrected chi connectivity index (χ0v) is 14.0. The molecule has 0 bridgehead atoms. The second-order valence-electron chi connectivity index (χ2n) is 6.34. The van der Waals surface area contributed by atoms with Gasteiger partial charge in [-0.3, -0.25) is 4.79 Å². The SMILES string of the molecule is CN(C(=O)c1ccc(-c2nn[nH]n2)cc1)[C@@H]1CCCc2ccccc21. The number of benzene rings is 2. The van der Waals surface area contributed by atoms with Crippen LogP contribution < -0.4 is 0 Å². The molecule has 0 fully saturated rings. The van der Waals surface area contributed by atoms with Gasteiger partial charge in [0.05, 0.1) is 6.04 Å². The van der Waals surface area contributed by atoms with Gasteiger partial charge in [0.25, 0.3) is 5.91 Å². The zero-order chi connectivity index (χ0) is 17.2. The Morgan fingerprint density at radius 1 is 1.16 bits per heavy atom. The van der Waals surface area contributed by atoms with Gasteiger partial charge in [0.2, 0.25) is 5.82 Å². The molecule has 1 heterocycles. The van der Waals surface area contributed by atoms with Crippen LogP contribution in [0, 0.1) is 0 Å². The van der Waals surface area contributed by atoms with Gasteiger partial charge >= 0.3 is 0 Å². The van der Waals surface area contributed by atoms with E-state index in [1.807, 2.05) is 36.2 Å². The molecule has 1 aliphatic carbocycles. The number of carbonyl (C=O) groups is 1. The van der Waals surface area contributed by atoms with Crippen molar-refractivity contribution in [2.24, 2.45) is 0 Å². The van der Waals surface area contributed by atoms with Crippen molar-refractivity contribution in [3.8, 4) is 11.4 Å². The second-order valence-corrected chi connectivity index (χ2v) is 6.34. The third-order valence-electron chi connectivity index (χ3n) is 4.86. The number of hydrogen-bond acceptors (Lipinski definition) is 4. The normalized spacial score (nSPS) is 16.3. The molecule has 1 aromatic heterocycles. The highest BCUT2D eigenvalue weighted by molar-refractivity contribution is 5.94. The minimum absolute atomic E-state index is 0.0290. The third-order valence-corrected chi connectivity index (χ3v) is 4.86. The van der Waals surface area contributed by atoms with E-state index in [0.717, 1.165) is 24.8 Å². The lowest BCUT2D eigenvalue weighted by Gasteiger charge is -2.33. The van der Waals surface area contributed by atoms with E-state index in [1.165, 1.54) is 11.1 Å². The minimum atomic E-state index is 0.0290. The molecule has 3 aromatic rings. The van der Waals surface area contributed by atoms with Gasteiger partial charge in [-0.1, -0.05) is 36.4 Å². The van der Waals surface area contributed by atoms with Crippen molar-refractivity contribution in [2.75, 3.05) is 7.05 Å². The fourth-order valence-corrected chi connectivity index (χ4v) is 3.52. The number of H-pyrrole nitrogens is 1. The number of rotatable bonds is 3. The molecule has 25 heavy (non-hydrogen) atoms. The maximum atomic E-state index is 12.9. The van der Waals surface area contributed by atoms with Crippen LogP contribution in [0.25, 0.3) is 11.4 Å². The first-order valence-corrected chi connectivity index (χ1v) is 8.43. The summed E-state index contributed by atoms with van der Waals surface area (Å²) in [7, 11) is 1.89. The summed E-state index contributed by atoms with van der Waals surface area (Å²) in [6.07, 6.45) is 3.20. The fourth-order valence-electron chi connectivity index (χ4n) is 3.52. The lowest BCUT2D eigenvalue weighted by atomic mass is 9.87. The largest absolute Gasteiger partial charge is 0.335 e. The number of carbonyl (C=O) groups excluding carboxylic acids is 1. The van der Waals surface area contributed by atoms with Gasteiger partial charge in [-0.05, 0) is 47.7 Å². The van der Waals surface area contributed by atoms with Crippen LogP contribution in [-0.4, -0.2) is 38.5 Å². The Balaban J connectivity index is 1.57. The Morgan fingerprint density at radius 3 is 2.72 bits per heavy atom. The topological polar surface area (TPSA) is 74.8 Å². The molecule has 1 N–H and O–H groups in total. The maximum absolute atomic E-state index is 12.9. The van der Waals surface area contributed by atoms with Gasteiger partial charge in [-0.2, -0.15) is 5.21 Å². The molecule has 4 rings (SSSR count). The smallest absolute Gasteiger partial charge is 0.254 e. The Morgan fingerprint density at radius 2 is 1.96 bits per heavy atom. The summed E-state index contributed by atoms with van der Waals surface area (Å²) in [5.74, 6) is 0.551. The van der Waals surface area contributed by atoms with Crippen molar-refractivity contribution >= 4 is 5.91 Å². The van der Waals surface area contributed by atoms with Gasteiger partial charge in [-0.25, -0.2) is 0 Å². The molecule has 0 radical (unpaired) electrons. The number of nitrogens with zero attached hydrogens (tertiary/aromatic N) is 4. The van der Waals surface area contributed by atoms with Gasteiger partial charge in [0.1, 0.15) is 0 Å². The van der Waals surface area contributed by atoms with Crippen molar-refractivity contribution in [2.45, 2.75) is 25.3 Å². The molecule has 6 heteroatoms. The van der Waals surface area contributed by atoms with E-state index in [9.17, 15) is 4.79 Å². The Labute approximate surface area is 145 Å². The Bertz CT molecular complexity index is 873. The molecule has 1 atom stereocenters. The zero-order valence-electron chi connectivity index (χ0n) is 14.0. The number of hydrogen-bond donors (Lipinski definition) is 1. The Hall–Kier alpha value is -3.02. The van der Waals surface area contributed by atoms with Crippen molar-refractivity contribution in [1.29, 1.82) is 0 Å². The van der Waals surface area contributed by atoms with Crippen LogP contribution >= 0.6 is 0 Å². The van der Waals surface area contributed by atoms with Crippen LogP contribution in [-0.2, 0) is 6.42 Å². The van der Waals surface area contributed by atoms with E-state index < -0.39 is 0 Å². The first-order valence-electron chi connectivity index (χ1n) is 8.43. The number of nitrogens with one attached hydrogen (secondary N) is 1. The molecule has 2 aromatic carbocycles. The van der Waals surface area contributed by atoms with Crippen LogP contribution in [0.2, 0.25) is 0 Å². The highest BCUT2D eigenvalue weighted by Crippen LogP contribution is 2.34. The van der Waals surface area contributed by atoms with Gasteiger partial charge < -0.3 is 4.90 Å². The highest BCUT2D eigenvalue weighted by atomic mass is 16.2. The van der Waals surface area contributed by atoms with E-state index in [-0.39, 0.29) is 11.9 Å². The lowest BCUT2D eigenvalue weighted by molar-refractivity contribution is 0.0715. The average molecular weight is 333 g/mol. The molecular formula is C19H19N5O. The van der Waals surface area contributed by atoms with Crippen LogP contribution in [0.5, 0.6) is 0 Å². The fraction of sp³-hybridized carbons (Fsp3) is 0.263. The summed E-state index contributed by atoms with van der Waals surface area (Å²) in [5, 5.41) is 13.9. The molecule has 1 amide bonds. The summed E-state index contributed by atoms with van der Waals surface area (Å²) >= 11 is 0. The molecule has 0 saturated carbocycles. The monoisotopic (exact) mass is 333 g/mol. The lowest BCUT2D eigenvalue weighted by Crippen LogP contribution is -2.33. The van der Waals surface area contributed by atoms with E-state index >= 15 is 0 Å². The van der Waals surface area contributed by atoms with Gasteiger partial charge in [0.15, 0.2) is 0 Å². The molecule has 0 spiro atoms. The number of tetrazole rings is 1. The second kappa shape index (κ2) is 6.47. The standard InChI is InChI=1S/C19H19N5O/c1-24(17-8-4-6-13-5-2-3-7-16(13)17)19(25)15-11-9-14(10-12-15)18-20-22-23-21-18/h2-3,5,7,9-12,17H,4,6,8H2,1H3,(H,20,21,22,23)/t17-/m1/s1. The first-order chi connectivity index (χ1) is 12.2. The van der Waals surface area contributed by atoms with Crippen molar-refractivity contribution < 1.29 is 4.79 Å². The molecule has 1 aliphatic rings. The number of aromatic nitrogens is 4. The van der Waals surface area contributed by atoms with E-state index in [0.29, 0.717) is 11.4 Å². The van der Waals surface area contributed by atoms with E-state index in [2.05, 4.69) is 44.9 Å². The van der Waals surface area contributed by atoms with Crippen LogP contribution in [0.1, 0.15) is 40.4 Å². The quantitative estimate of drug-likeness (QED) is 0.799. The summed E-state index contributed by atoms with van der Waals surface area (Å²) in [6.45, 7) is 0.